The number of carbonyl (C=O) groups excluding carboxylic acids is 1. The average Bonchev–Trinajstić information content (AvgIpc) is 3.20. The lowest BCUT2D eigenvalue weighted by molar-refractivity contribution is 0.102. The van der Waals surface area contributed by atoms with Crippen LogP contribution in [0.4, 0.5) is 11.4 Å². The van der Waals surface area contributed by atoms with E-state index in [-0.39, 0.29) is 10.6 Å². The number of anilines is 2. The molecule has 1 amide bonds. The van der Waals surface area contributed by atoms with Gasteiger partial charge in [0.05, 0.1) is 5.56 Å². The molecule has 2 heterocycles. The molecular weight excluding hydrogens is 506 g/mol. The van der Waals surface area contributed by atoms with Crippen LogP contribution in [0, 0.1) is 13.8 Å². The van der Waals surface area contributed by atoms with Crippen molar-refractivity contribution in [3.8, 4) is 0 Å². The lowest BCUT2D eigenvalue weighted by Crippen LogP contribution is -2.49. The quantitative estimate of drug-likeness (QED) is 0.543. The molecule has 1 N–H and O–H groups in total. The third-order valence-corrected chi connectivity index (χ3v) is 8.25. The molecule has 10 heteroatoms. The summed E-state index contributed by atoms with van der Waals surface area (Å²) in [7, 11) is -2.33. The number of rotatable bonds is 5. The van der Waals surface area contributed by atoms with Crippen LogP contribution in [0.25, 0.3) is 0 Å². The van der Waals surface area contributed by atoms with Crippen molar-refractivity contribution in [2.75, 3.05) is 36.4 Å². The predicted octanol–water partition coefficient (Wildman–Crippen LogP) is 3.56. The Balaban J connectivity index is 1.53. The van der Waals surface area contributed by atoms with Gasteiger partial charge in [-0.25, -0.2) is 8.42 Å². The summed E-state index contributed by atoms with van der Waals surface area (Å²) in [5.74, 6) is -0.516. The monoisotopic (exact) mass is 531 g/mol. The van der Waals surface area contributed by atoms with Crippen molar-refractivity contribution in [3.05, 3.63) is 69.8 Å². The number of piperazine rings is 1. The zero-order valence-corrected chi connectivity index (χ0v) is 21.1. The van der Waals surface area contributed by atoms with E-state index in [1.807, 2.05) is 6.07 Å². The molecule has 174 valence electrons. The minimum Gasteiger partial charge on any atom is -0.369 e. The summed E-state index contributed by atoms with van der Waals surface area (Å²) in [6.07, 6.45) is 1.44. The number of hydrogen-bond donors (Lipinski definition) is 1. The van der Waals surface area contributed by atoms with Crippen LogP contribution < -0.4 is 10.2 Å². The molecule has 1 aliphatic rings. The van der Waals surface area contributed by atoms with Gasteiger partial charge >= 0.3 is 0 Å². The summed E-state index contributed by atoms with van der Waals surface area (Å²) < 4.78 is 30.5. The number of halogens is 1. The maximum Gasteiger partial charge on any atom is 0.263 e. The molecular formula is C23H26BrN5O3S. The number of benzene rings is 2. The highest BCUT2D eigenvalue weighted by molar-refractivity contribution is 9.10. The molecule has 0 radical (unpaired) electrons. The molecule has 0 bridgehead atoms. The number of sulfonamides is 1. The maximum absolute atomic E-state index is 13.4. The Morgan fingerprint density at radius 3 is 2.36 bits per heavy atom. The smallest absolute Gasteiger partial charge is 0.263 e. The Bertz CT molecular complexity index is 1280. The van der Waals surface area contributed by atoms with Gasteiger partial charge in [0, 0.05) is 55.3 Å². The second-order valence-corrected chi connectivity index (χ2v) is 10.9. The van der Waals surface area contributed by atoms with E-state index < -0.39 is 15.9 Å². The molecule has 0 spiro atoms. The molecule has 0 unspecified atom stereocenters. The number of nitrogens with one attached hydrogen (secondary N) is 1. The Morgan fingerprint density at radius 2 is 1.70 bits per heavy atom. The number of carbonyl (C=O) groups is 1. The number of nitrogens with zero attached hydrogens (tertiary/aromatic N) is 4. The third-order valence-electron chi connectivity index (χ3n) is 5.88. The molecule has 33 heavy (non-hydrogen) atoms. The highest BCUT2D eigenvalue weighted by atomic mass is 79.9. The van der Waals surface area contributed by atoms with Crippen LogP contribution >= 0.6 is 15.9 Å². The van der Waals surface area contributed by atoms with Gasteiger partial charge in [-0.1, -0.05) is 28.1 Å². The normalized spacial score (nSPS) is 15.0. The number of hydrogen-bond acceptors (Lipinski definition) is 5. The van der Waals surface area contributed by atoms with Gasteiger partial charge in [-0.05, 0) is 55.3 Å². The van der Waals surface area contributed by atoms with Gasteiger partial charge in [0.1, 0.15) is 0 Å². The first-order valence-electron chi connectivity index (χ1n) is 10.6. The van der Waals surface area contributed by atoms with Crippen LogP contribution in [-0.2, 0) is 17.1 Å². The van der Waals surface area contributed by atoms with Gasteiger partial charge in [0.25, 0.3) is 15.9 Å². The number of aromatic nitrogens is 2. The molecule has 8 nitrogen and oxygen atoms in total. The van der Waals surface area contributed by atoms with Crippen molar-refractivity contribution in [2.45, 2.75) is 18.9 Å². The first kappa shape index (κ1) is 23.5. The van der Waals surface area contributed by atoms with E-state index in [4.69, 9.17) is 0 Å². The summed E-state index contributed by atoms with van der Waals surface area (Å²) in [5, 5.41) is 6.67. The van der Waals surface area contributed by atoms with Gasteiger partial charge in [0.2, 0.25) is 5.03 Å². The largest absolute Gasteiger partial charge is 0.369 e. The fraction of sp³-hybridized carbons (Fsp3) is 0.304. The maximum atomic E-state index is 13.4. The fourth-order valence-corrected chi connectivity index (χ4v) is 5.72. The Kier molecular flexibility index (Phi) is 6.60. The second-order valence-electron chi connectivity index (χ2n) is 8.09. The second kappa shape index (κ2) is 9.28. The Hall–Kier alpha value is -2.69. The van der Waals surface area contributed by atoms with Crippen LogP contribution in [0.15, 0.2) is 58.2 Å². The lowest BCUT2D eigenvalue weighted by Gasteiger charge is -2.36. The van der Waals surface area contributed by atoms with E-state index in [1.165, 1.54) is 26.3 Å². The molecule has 1 fully saturated rings. The molecule has 0 atom stereocenters. The minimum atomic E-state index is -3.93. The van der Waals surface area contributed by atoms with Crippen LogP contribution in [0.3, 0.4) is 0 Å². The summed E-state index contributed by atoms with van der Waals surface area (Å²) in [6.45, 7) is 5.92. The molecule has 0 aliphatic carbocycles. The summed E-state index contributed by atoms with van der Waals surface area (Å²) in [5.41, 5.74) is 4.12. The van der Waals surface area contributed by atoms with Gasteiger partial charge in [0.15, 0.2) is 0 Å². The predicted molar refractivity (Wildman–Crippen MR) is 132 cm³/mol. The molecule has 4 rings (SSSR count). The Labute approximate surface area is 202 Å². The average molecular weight is 532 g/mol. The molecule has 1 aromatic heterocycles. The van der Waals surface area contributed by atoms with Crippen molar-refractivity contribution in [3.63, 3.8) is 0 Å². The first-order chi connectivity index (χ1) is 15.7. The molecule has 3 aromatic rings. The number of amides is 1. The van der Waals surface area contributed by atoms with E-state index in [9.17, 15) is 13.2 Å². The van der Waals surface area contributed by atoms with Crippen LogP contribution in [-0.4, -0.2) is 54.6 Å². The minimum absolute atomic E-state index is 0.0253. The van der Waals surface area contributed by atoms with Gasteiger partial charge in [-0.2, -0.15) is 9.40 Å². The topological polar surface area (TPSA) is 87.5 Å². The van der Waals surface area contributed by atoms with E-state index >= 15 is 0 Å². The van der Waals surface area contributed by atoms with Crippen molar-refractivity contribution < 1.29 is 13.2 Å². The first-order valence-corrected chi connectivity index (χ1v) is 12.8. The Morgan fingerprint density at radius 1 is 1.03 bits per heavy atom. The van der Waals surface area contributed by atoms with E-state index in [0.29, 0.717) is 31.9 Å². The molecule has 1 aliphatic heterocycles. The van der Waals surface area contributed by atoms with Gasteiger partial charge < -0.3 is 10.2 Å². The van der Waals surface area contributed by atoms with Crippen molar-refractivity contribution in [1.29, 1.82) is 0 Å². The van der Waals surface area contributed by atoms with Gasteiger partial charge in [-0.3, -0.25) is 9.48 Å². The summed E-state index contributed by atoms with van der Waals surface area (Å²) in [6, 6.07) is 13.2. The standard InChI is InChI=1S/C23H26BrN5O3S/c1-16-5-4-6-21(17(16)2)28-11-13-29(14-12-28)33(31,32)23-20(15-27(3)26-23)22(30)25-19-9-7-18(24)8-10-19/h4-10,15H,11-14H2,1-3H3,(H,25,30). The summed E-state index contributed by atoms with van der Waals surface area (Å²) >= 11 is 3.35. The van der Waals surface area contributed by atoms with E-state index in [1.54, 1.807) is 31.3 Å². The van der Waals surface area contributed by atoms with Crippen molar-refractivity contribution in [2.24, 2.45) is 7.05 Å². The van der Waals surface area contributed by atoms with Crippen molar-refractivity contribution >= 4 is 43.2 Å². The highest BCUT2D eigenvalue weighted by Crippen LogP contribution is 2.26. The zero-order valence-electron chi connectivity index (χ0n) is 18.7. The van der Waals surface area contributed by atoms with Crippen LogP contribution in [0.1, 0.15) is 21.5 Å². The lowest BCUT2D eigenvalue weighted by atomic mass is 10.1. The highest BCUT2D eigenvalue weighted by Gasteiger charge is 2.34. The SMILES string of the molecule is Cc1cccc(N2CCN(S(=O)(=O)c3nn(C)cc3C(=O)Nc3ccc(Br)cc3)CC2)c1C. The molecule has 0 saturated carbocycles. The van der Waals surface area contributed by atoms with E-state index in [2.05, 4.69) is 57.2 Å². The third kappa shape index (κ3) is 4.83. The summed E-state index contributed by atoms with van der Waals surface area (Å²) in [4.78, 5) is 15.1. The molecule has 2 aromatic carbocycles. The molecule has 1 saturated heterocycles. The van der Waals surface area contributed by atoms with E-state index in [0.717, 1.165) is 10.2 Å². The van der Waals surface area contributed by atoms with Crippen molar-refractivity contribution in [1.82, 2.24) is 14.1 Å². The van der Waals surface area contributed by atoms with Gasteiger partial charge in [-0.15, -0.1) is 0 Å². The van der Waals surface area contributed by atoms with Crippen LogP contribution in [0.5, 0.6) is 0 Å². The number of aryl methyl sites for hydroxylation is 2. The zero-order chi connectivity index (χ0) is 23.8. The van der Waals surface area contributed by atoms with Crippen LogP contribution in [0.2, 0.25) is 0 Å². The fourth-order valence-electron chi connectivity index (χ4n) is 3.92.